The van der Waals surface area contributed by atoms with E-state index in [2.05, 4.69) is 5.32 Å². The molecule has 0 saturated heterocycles. The third-order valence-electron chi connectivity index (χ3n) is 1.91. The third-order valence-corrected chi connectivity index (χ3v) is 1.91. The van der Waals surface area contributed by atoms with Crippen LogP contribution in [-0.4, -0.2) is 11.1 Å². The summed E-state index contributed by atoms with van der Waals surface area (Å²) in [6, 6.07) is 10.2. The lowest BCUT2D eigenvalue weighted by molar-refractivity contribution is -0.136. The van der Waals surface area contributed by atoms with Crippen molar-refractivity contribution in [2.75, 3.05) is 5.32 Å². The molecule has 0 spiro atoms. The summed E-state index contributed by atoms with van der Waals surface area (Å²) in [6.45, 7) is 0. The van der Waals surface area contributed by atoms with Crippen LogP contribution >= 0.6 is 0 Å². The second-order valence-electron chi connectivity index (χ2n) is 3.20. The number of carboxylic acids is 1. The Morgan fingerprint density at radius 2 is 2.12 bits per heavy atom. The van der Waals surface area contributed by atoms with E-state index in [-0.39, 0.29) is 12.0 Å². The highest BCUT2D eigenvalue weighted by Gasteiger charge is 2.00. The zero-order valence-electron chi connectivity index (χ0n) is 8.84. The maximum absolute atomic E-state index is 10.5. The van der Waals surface area contributed by atoms with Crippen LogP contribution in [0.25, 0.3) is 0 Å². The van der Waals surface area contributed by atoms with Gasteiger partial charge in [0.05, 0.1) is 6.42 Å². The van der Waals surface area contributed by atoms with Crippen LogP contribution in [0.3, 0.4) is 0 Å². The predicted molar refractivity (Wildman–Crippen MR) is 60.7 cm³/mol. The molecule has 0 bridgehead atoms. The van der Waals surface area contributed by atoms with Gasteiger partial charge in [-0.2, -0.15) is 10.5 Å². The number of rotatable bonds is 4. The summed E-state index contributed by atoms with van der Waals surface area (Å²) in [4.78, 5) is 10.5. The summed E-state index contributed by atoms with van der Waals surface area (Å²) in [5.41, 5.74) is 1.23. The monoisotopic (exact) mass is 227 g/mol. The smallest absolute Gasteiger partial charge is 0.307 e. The van der Waals surface area contributed by atoms with Gasteiger partial charge >= 0.3 is 5.97 Å². The number of aliphatic carboxylic acids is 1. The highest BCUT2D eigenvalue weighted by atomic mass is 16.4. The number of anilines is 1. The average molecular weight is 227 g/mol. The molecule has 0 aliphatic heterocycles. The fourth-order valence-corrected chi connectivity index (χ4v) is 1.19. The van der Waals surface area contributed by atoms with Gasteiger partial charge < -0.3 is 10.4 Å². The van der Waals surface area contributed by atoms with E-state index in [9.17, 15) is 4.79 Å². The Morgan fingerprint density at radius 3 is 2.71 bits per heavy atom. The largest absolute Gasteiger partial charge is 0.481 e. The SMILES string of the molecule is N#CC(C#N)=CNc1cccc(CC(=O)O)c1. The third kappa shape index (κ3) is 4.06. The van der Waals surface area contributed by atoms with E-state index in [1.54, 1.807) is 36.4 Å². The van der Waals surface area contributed by atoms with Crippen molar-refractivity contribution in [3.8, 4) is 12.1 Å². The number of allylic oxidation sites excluding steroid dienone is 1. The minimum absolute atomic E-state index is 0.0476. The van der Waals surface area contributed by atoms with E-state index in [4.69, 9.17) is 15.6 Å². The van der Waals surface area contributed by atoms with Crippen LogP contribution in [0.5, 0.6) is 0 Å². The Hall–Kier alpha value is -2.79. The molecule has 2 N–H and O–H groups in total. The molecular formula is C12H9N3O2. The molecule has 5 heteroatoms. The molecule has 0 aliphatic carbocycles. The molecule has 0 radical (unpaired) electrons. The van der Waals surface area contributed by atoms with E-state index >= 15 is 0 Å². The summed E-state index contributed by atoms with van der Waals surface area (Å²) in [5.74, 6) is -0.910. The molecule has 1 rings (SSSR count). The summed E-state index contributed by atoms with van der Waals surface area (Å²) in [5, 5.41) is 28.4. The van der Waals surface area contributed by atoms with Crippen molar-refractivity contribution in [3.63, 3.8) is 0 Å². The summed E-state index contributed by atoms with van der Waals surface area (Å²) in [6.07, 6.45) is 1.21. The Bertz CT molecular complexity index is 519. The number of nitriles is 2. The fourth-order valence-electron chi connectivity index (χ4n) is 1.19. The number of nitrogens with zero attached hydrogens (tertiary/aromatic N) is 2. The summed E-state index contributed by atoms with van der Waals surface area (Å²) in [7, 11) is 0. The Labute approximate surface area is 98.2 Å². The van der Waals surface area contributed by atoms with Gasteiger partial charge in [0.1, 0.15) is 17.7 Å². The van der Waals surface area contributed by atoms with Gasteiger partial charge in [-0.25, -0.2) is 0 Å². The van der Waals surface area contributed by atoms with Gasteiger partial charge in [0.2, 0.25) is 0 Å². The van der Waals surface area contributed by atoms with Gasteiger partial charge in [-0.1, -0.05) is 12.1 Å². The van der Waals surface area contributed by atoms with Crippen molar-refractivity contribution < 1.29 is 9.90 Å². The lowest BCUT2D eigenvalue weighted by Gasteiger charge is -2.02. The van der Waals surface area contributed by atoms with Gasteiger partial charge in [0.15, 0.2) is 0 Å². The number of hydrogen-bond acceptors (Lipinski definition) is 4. The highest BCUT2D eigenvalue weighted by molar-refractivity contribution is 5.70. The van der Waals surface area contributed by atoms with Crippen molar-refractivity contribution >= 4 is 11.7 Å². The summed E-state index contributed by atoms with van der Waals surface area (Å²) < 4.78 is 0. The lowest BCUT2D eigenvalue weighted by Crippen LogP contribution is -2.00. The Balaban J connectivity index is 2.80. The first-order valence-electron chi connectivity index (χ1n) is 4.73. The van der Waals surface area contributed by atoms with Crippen LogP contribution in [0.15, 0.2) is 36.0 Å². The van der Waals surface area contributed by atoms with Crippen LogP contribution in [-0.2, 0) is 11.2 Å². The second-order valence-corrected chi connectivity index (χ2v) is 3.20. The van der Waals surface area contributed by atoms with Gasteiger partial charge in [-0.15, -0.1) is 0 Å². The molecule has 1 aromatic carbocycles. The zero-order chi connectivity index (χ0) is 12.7. The predicted octanol–water partition coefficient (Wildman–Crippen LogP) is 1.66. The lowest BCUT2D eigenvalue weighted by atomic mass is 10.1. The molecule has 0 unspecified atom stereocenters. The van der Waals surface area contributed by atoms with Crippen LogP contribution in [0, 0.1) is 22.7 Å². The Kier molecular flexibility index (Phi) is 4.29. The molecule has 0 aromatic heterocycles. The van der Waals surface area contributed by atoms with Crippen molar-refractivity contribution in [2.24, 2.45) is 0 Å². The molecule has 0 fully saturated rings. The maximum Gasteiger partial charge on any atom is 0.307 e. The van der Waals surface area contributed by atoms with Gasteiger partial charge in [-0.3, -0.25) is 4.79 Å². The van der Waals surface area contributed by atoms with Crippen LogP contribution in [0.1, 0.15) is 5.56 Å². The number of carbonyl (C=O) groups is 1. The van der Waals surface area contributed by atoms with E-state index < -0.39 is 5.97 Å². The fraction of sp³-hybridized carbons (Fsp3) is 0.0833. The molecule has 0 saturated carbocycles. The molecule has 17 heavy (non-hydrogen) atoms. The second kappa shape index (κ2) is 5.94. The van der Waals surface area contributed by atoms with Gasteiger partial charge in [-0.05, 0) is 17.7 Å². The number of hydrogen-bond donors (Lipinski definition) is 2. The average Bonchev–Trinajstić information content (AvgIpc) is 2.30. The first kappa shape index (κ1) is 12.3. The molecule has 0 amide bonds. The quantitative estimate of drug-likeness (QED) is 0.762. The van der Waals surface area contributed by atoms with E-state index in [1.807, 2.05) is 0 Å². The highest BCUT2D eigenvalue weighted by Crippen LogP contribution is 2.11. The topological polar surface area (TPSA) is 96.9 Å². The van der Waals surface area contributed by atoms with Crippen molar-refractivity contribution in [3.05, 3.63) is 41.6 Å². The van der Waals surface area contributed by atoms with E-state index in [0.717, 1.165) is 0 Å². The Morgan fingerprint density at radius 1 is 1.41 bits per heavy atom. The standard InChI is InChI=1S/C12H9N3O2/c13-6-10(7-14)8-15-11-3-1-2-9(4-11)5-12(16)17/h1-4,8,15H,5H2,(H,16,17). The number of carboxylic acid groups (broad SMARTS) is 1. The molecule has 0 heterocycles. The van der Waals surface area contributed by atoms with Crippen molar-refractivity contribution in [1.82, 2.24) is 0 Å². The van der Waals surface area contributed by atoms with Gasteiger partial charge in [0, 0.05) is 11.9 Å². The zero-order valence-corrected chi connectivity index (χ0v) is 8.84. The number of benzene rings is 1. The van der Waals surface area contributed by atoms with Crippen molar-refractivity contribution in [2.45, 2.75) is 6.42 Å². The maximum atomic E-state index is 10.5. The molecule has 0 aliphatic rings. The molecule has 1 aromatic rings. The van der Waals surface area contributed by atoms with E-state index in [0.29, 0.717) is 11.3 Å². The van der Waals surface area contributed by atoms with Crippen LogP contribution in [0.4, 0.5) is 5.69 Å². The minimum Gasteiger partial charge on any atom is -0.481 e. The van der Waals surface area contributed by atoms with E-state index in [1.165, 1.54) is 6.20 Å². The normalized spacial score (nSPS) is 8.59. The van der Waals surface area contributed by atoms with Crippen LogP contribution in [0.2, 0.25) is 0 Å². The molecule has 84 valence electrons. The van der Waals surface area contributed by atoms with Crippen LogP contribution < -0.4 is 5.32 Å². The van der Waals surface area contributed by atoms with Gasteiger partial charge in [0.25, 0.3) is 0 Å². The first-order chi connectivity index (χ1) is 8.15. The summed E-state index contributed by atoms with van der Waals surface area (Å²) >= 11 is 0. The molecular weight excluding hydrogens is 218 g/mol. The number of nitrogens with one attached hydrogen (secondary N) is 1. The molecule has 0 atom stereocenters. The van der Waals surface area contributed by atoms with Crippen molar-refractivity contribution in [1.29, 1.82) is 10.5 Å². The first-order valence-corrected chi connectivity index (χ1v) is 4.73. The minimum atomic E-state index is -0.910. The molecule has 5 nitrogen and oxygen atoms in total.